The van der Waals surface area contributed by atoms with E-state index in [4.69, 9.17) is 14.2 Å². The zero-order valence-electron chi connectivity index (χ0n) is 13.8. The van der Waals surface area contributed by atoms with E-state index in [2.05, 4.69) is 29.2 Å². The van der Waals surface area contributed by atoms with Crippen molar-refractivity contribution in [3.8, 4) is 17.2 Å². The molecule has 3 aliphatic rings. The second-order valence-corrected chi connectivity index (χ2v) is 6.82. The molecule has 4 heteroatoms. The fourth-order valence-electron chi connectivity index (χ4n) is 4.43. The average molecular weight is 323 g/mol. The van der Waals surface area contributed by atoms with Crippen molar-refractivity contribution in [3.05, 3.63) is 53.1 Å². The molecular formula is C20H21NO3. The van der Waals surface area contributed by atoms with Crippen molar-refractivity contribution in [2.45, 2.75) is 37.9 Å². The number of ether oxygens (including phenoxy) is 3. The minimum atomic E-state index is 0.350. The predicted octanol–water partition coefficient (Wildman–Crippen LogP) is 4.21. The van der Waals surface area contributed by atoms with Gasteiger partial charge in [0.05, 0.1) is 7.11 Å². The lowest BCUT2D eigenvalue weighted by Crippen LogP contribution is -2.29. The summed E-state index contributed by atoms with van der Waals surface area (Å²) in [6, 6.07) is 13.9. The highest BCUT2D eigenvalue weighted by Crippen LogP contribution is 2.54. The van der Waals surface area contributed by atoms with Gasteiger partial charge >= 0.3 is 0 Å². The maximum absolute atomic E-state index is 5.60. The standard InChI is InChI=1S/C20H21NO3/c1-22-14-7-5-13(6-8-14)11-21-17-3-2-4-18(21)16-10-20-19(9-15(16)17)23-12-24-20/h5-10,17-18H,2-4,11-12H2,1H3. The topological polar surface area (TPSA) is 30.9 Å². The Morgan fingerprint density at radius 1 is 1.00 bits per heavy atom. The predicted molar refractivity (Wildman–Crippen MR) is 90.4 cm³/mol. The van der Waals surface area contributed by atoms with E-state index in [1.165, 1.54) is 36.0 Å². The molecule has 5 rings (SSSR count). The summed E-state index contributed by atoms with van der Waals surface area (Å²) >= 11 is 0. The van der Waals surface area contributed by atoms with Gasteiger partial charge in [-0.05, 0) is 60.2 Å². The van der Waals surface area contributed by atoms with Crippen LogP contribution >= 0.6 is 0 Å². The summed E-state index contributed by atoms with van der Waals surface area (Å²) in [7, 11) is 1.71. The molecule has 1 fully saturated rings. The molecule has 3 heterocycles. The molecule has 2 aromatic rings. The Balaban J connectivity index is 1.47. The van der Waals surface area contributed by atoms with E-state index in [-0.39, 0.29) is 0 Å². The smallest absolute Gasteiger partial charge is 0.231 e. The number of hydrogen-bond acceptors (Lipinski definition) is 4. The summed E-state index contributed by atoms with van der Waals surface area (Å²) < 4.78 is 16.5. The van der Waals surface area contributed by atoms with Gasteiger partial charge in [-0.3, -0.25) is 4.90 Å². The number of hydrogen-bond donors (Lipinski definition) is 0. The monoisotopic (exact) mass is 323 g/mol. The molecule has 0 radical (unpaired) electrons. The first-order valence-corrected chi connectivity index (χ1v) is 8.65. The quantitative estimate of drug-likeness (QED) is 0.847. The second kappa shape index (κ2) is 5.42. The zero-order chi connectivity index (χ0) is 16.1. The van der Waals surface area contributed by atoms with Crippen LogP contribution in [0.5, 0.6) is 17.2 Å². The van der Waals surface area contributed by atoms with Crippen LogP contribution < -0.4 is 14.2 Å². The van der Waals surface area contributed by atoms with Gasteiger partial charge in [0.2, 0.25) is 6.79 Å². The number of nitrogens with zero attached hydrogens (tertiary/aromatic N) is 1. The highest BCUT2D eigenvalue weighted by atomic mass is 16.7. The molecule has 24 heavy (non-hydrogen) atoms. The molecule has 124 valence electrons. The lowest BCUT2D eigenvalue weighted by Gasteiger charge is -2.35. The lowest BCUT2D eigenvalue weighted by molar-refractivity contribution is 0.100. The molecule has 0 aliphatic carbocycles. The van der Waals surface area contributed by atoms with Crippen LogP contribution in [0.4, 0.5) is 0 Å². The summed E-state index contributed by atoms with van der Waals surface area (Å²) in [6.45, 7) is 1.32. The Labute approximate surface area is 141 Å². The first kappa shape index (κ1) is 14.2. The Morgan fingerprint density at radius 3 is 2.21 bits per heavy atom. The molecule has 0 amide bonds. The molecule has 0 saturated carbocycles. The van der Waals surface area contributed by atoms with E-state index in [0.29, 0.717) is 18.9 Å². The molecular weight excluding hydrogens is 302 g/mol. The van der Waals surface area contributed by atoms with Gasteiger partial charge in [-0.15, -0.1) is 0 Å². The molecule has 1 saturated heterocycles. The van der Waals surface area contributed by atoms with Crippen molar-refractivity contribution in [2.24, 2.45) is 0 Å². The molecule has 3 aliphatic heterocycles. The Morgan fingerprint density at radius 2 is 1.62 bits per heavy atom. The Kier molecular flexibility index (Phi) is 3.20. The first-order valence-electron chi connectivity index (χ1n) is 8.65. The highest BCUT2D eigenvalue weighted by Gasteiger charge is 2.42. The normalized spacial score (nSPS) is 24.0. The number of rotatable bonds is 3. The van der Waals surface area contributed by atoms with Gasteiger partial charge in [-0.1, -0.05) is 12.1 Å². The van der Waals surface area contributed by atoms with Gasteiger partial charge in [-0.2, -0.15) is 0 Å². The average Bonchev–Trinajstić information content (AvgIpc) is 3.13. The summed E-state index contributed by atoms with van der Waals surface area (Å²) in [4.78, 5) is 2.64. The van der Waals surface area contributed by atoms with Crippen LogP contribution in [0.3, 0.4) is 0 Å². The van der Waals surface area contributed by atoms with Crippen LogP contribution in [-0.2, 0) is 6.54 Å². The largest absolute Gasteiger partial charge is 0.497 e. The van der Waals surface area contributed by atoms with Gasteiger partial charge < -0.3 is 14.2 Å². The van der Waals surface area contributed by atoms with E-state index in [1.807, 2.05) is 12.1 Å². The van der Waals surface area contributed by atoms with Crippen molar-refractivity contribution in [2.75, 3.05) is 13.9 Å². The second-order valence-electron chi connectivity index (χ2n) is 6.82. The van der Waals surface area contributed by atoms with E-state index in [0.717, 1.165) is 23.8 Å². The van der Waals surface area contributed by atoms with E-state index in [1.54, 1.807) is 7.11 Å². The summed E-state index contributed by atoms with van der Waals surface area (Å²) in [5.41, 5.74) is 4.21. The first-order chi connectivity index (χ1) is 11.8. The third-order valence-electron chi connectivity index (χ3n) is 5.58. The Bertz CT molecular complexity index is 732. The molecule has 0 N–H and O–H groups in total. The maximum atomic E-state index is 5.60. The minimum Gasteiger partial charge on any atom is -0.497 e. The number of benzene rings is 2. The molecule has 0 spiro atoms. The van der Waals surface area contributed by atoms with Crippen LogP contribution in [-0.4, -0.2) is 18.8 Å². The number of fused-ring (bicyclic) bond motifs is 6. The molecule has 2 aromatic carbocycles. The van der Waals surface area contributed by atoms with Crippen molar-refractivity contribution in [1.29, 1.82) is 0 Å². The van der Waals surface area contributed by atoms with Gasteiger partial charge in [0.15, 0.2) is 11.5 Å². The highest BCUT2D eigenvalue weighted by molar-refractivity contribution is 5.53. The van der Waals surface area contributed by atoms with Gasteiger partial charge in [0.1, 0.15) is 5.75 Å². The third kappa shape index (κ3) is 2.09. The van der Waals surface area contributed by atoms with Gasteiger partial charge in [-0.25, -0.2) is 0 Å². The van der Waals surface area contributed by atoms with Crippen LogP contribution in [0.2, 0.25) is 0 Å². The summed E-state index contributed by atoms with van der Waals surface area (Å²) in [5.74, 6) is 2.73. The van der Waals surface area contributed by atoms with Crippen LogP contribution in [0, 0.1) is 0 Å². The fraction of sp³-hybridized carbons (Fsp3) is 0.400. The SMILES string of the molecule is COc1ccc(CN2C3CCCC2c2cc4c(cc23)OCO4)cc1. The van der Waals surface area contributed by atoms with Crippen LogP contribution in [0.25, 0.3) is 0 Å². The van der Waals surface area contributed by atoms with Crippen molar-refractivity contribution in [1.82, 2.24) is 4.90 Å². The molecule has 0 aromatic heterocycles. The van der Waals surface area contributed by atoms with Gasteiger partial charge in [0, 0.05) is 18.6 Å². The van der Waals surface area contributed by atoms with Crippen LogP contribution in [0.15, 0.2) is 36.4 Å². The summed E-state index contributed by atoms with van der Waals surface area (Å²) in [5, 5.41) is 0. The molecule has 4 nitrogen and oxygen atoms in total. The molecule has 2 unspecified atom stereocenters. The number of piperidine rings is 1. The minimum absolute atomic E-state index is 0.350. The third-order valence-corrected chi connectivity index (χ3v) is 5.58. The van der Waals surface area contributed by atoms with Crippen molar-refractivity contribution >= 4 is 0 Å². The zero-order valence-corrected chi connectivity index (χ0v) is 13.8. The number of methoxy groups -OCH3 is 1. The lowest BCUT2D eigenvalue weighted by atomic mass is 9.99. The van der Waals surface area contributed by atoms with E-state index < -0.39 is 0 Å². The summed E-state index contributed by atoms with van der Waals surface area (Å²) in [6.07, 6.45) is 3.73. The molecule has 2 atom stereocenters. The molecule has 2 bridgehead atoms. The van der Waals surface area contributed by atoms with Crippen molar-refractivity contribution in [3.63, 3.8) is 0 Å². The Hall–Kier alpha value is -2.20. The van der Waals surface area contributed by atoms with E-state index >= 15 is 0 Å². The van der Waals surface area contributed by atoms with Crippen molar-refractivity contribution < 1.29 is 14.2 Å². The maximum Gasteiger partial charge on any atom is 0.231 e. The van der Waals surface area contributed by atoms with Crippen LogP contribution in [0.1, 0.15) is 48.0 Å². The van der Waals surface area contributed by atoms with Gasteiger partial charge in [0.25, 0.3) is 0 Å². The fourth-order valence-corrected chi connectivity index (χ4v) is 4.43. The van der Waals surface area contributed by atoms with E-state index in [9.17, 15) is 0 Å².